The highest BCUT2D eigenvalue weighted by Crippen LogP contribution is 2.44. The summed E-state index contributed by atoms with van der Waals surface area (Å²) in [5, 5.41) is 0.0885. The highest BCUT2D eigenvalue weighted by Gasteiger charge is 2.37. The van der Waals surface area contributed by atoms with Gasteiger partial charge in [-0.2, -0.15) is 0 Å². The average Bonchev–Trinajstić information content (AvgIpc) is 3.11. The third-order valence-corrected chi connectivity index (χ3v) is 13.5. The van der Waals surface area contributed by atoms with Crippen molar-refractivity contribution in [2.24, 2.45) is 0 Å². The van der Waals surface area contributed by atoms with Gasteiger partial charge in [-0.15, -0.1) is 26.3 Å². The molecule has 51 heavy (non-hydrogen) atoms. The van der Waals surface area contributed by atoms with E-state index in [9.17, 15) is 0 Å². The van der Waals surface area contributed by atoms with Gasteiger partial charge in [0.2, 0.25) is 0 Å². The third kappa shape index (κ3) is 12.9. The number of allylic oxidation sites excluding steroid dienone is 4. The summed E-state index contributed by atoms with van der Waals surface area (Å²) >= 11 is 0. The largest absolute Gasteiger partial charge is 0.493 e. The van der Waals surface area contributed by atoms with E-state index in [0.717, 1.165) is 90.9 Å². The van der Waals surface area contributed by atoms with Crippen molar-refractivity contribution in [2.45, 2.75) is 96.9 Å². The summed E-state index contributed by atoms with van der Waals surface area (Å²) < 4.78 is 32.5. The Kier molecular flexibility index (Phi) is 17.3. The molecule has 0 bridgehead atoms. The Morgan fingerprint density at radius 2 is 0.961 bits per heavy atom. The van der Waals surface area contributed by atoms with E-state index in [1.165, 1.54) is 0 Å². The highest BCUT2D eigenvalue weighted by molar-refractivity contribution is 6.74. The molecule has 0 unspecified atom stereocenters. The lowest BCUT2D eigenvalue weighted by Gasteiger charge is -2.36. The SMILES string of the molecule is C=CCCCOc1cccc(OCCCC=C)c1-c1cccc(-c2c(OCCCC=C)cc(CO[Si](C)(C)C(C)(C)C)cc2OCCCC=C)n1. The maximum Gasteiger partial charge on any atom is 0.192 e. The van der Waals surface area contributed by atoms with Crippen LogP contribution in [0, 0.1) is 0 Å². The molecule has 1 heterocycles. The van der Waals surface area contributed by atoms with Crippen molar-refractivity contribution in [3.05, 3.63) is 105 Å². The van der Waals surface area contributed by atoms with Gasteiger partial charge >= 0.3 is 0 Å². The molecule has 0 atom stereocenters. The fourth-order valence-electron chi connectivity index (χ4n) is 5.04. The summed E-state index contributed by atoms with van der Waals surface area (Å²) in [6.07, 6.45) is 14.6. The molecule has 3 aromatic rings. The molecule has 0 radical (unpaired) electrons. The van der Waals surface area contributed by atoms with Crippen molar-refractivity contribution < 1.29 is 23.4 Å². The van der Waals surface area contributed by atoms with Gasteiger partial charge in [0, 0.05) is 0 Å². The number of pyridine rings is 1. The Hall–Kier alpha value is -4.07. The molecule has 276 valence electrons. The van der Waals surface area contributed by atoms with Gasteiger partial charge < -0.3 is 23.4 Å². The third-order valence-electron chi connectivity index (χ3n) is 9.02. The first-order valence-electron chi connectivity index (χ1n) is 18.4. The second-order valence-corrected chi connectivity index (χ2v) is 19.0. The summed E-state index contributed by atoms with van der Waals surface area (Å²) in [7, 11) is -2.01. The maximum atomic E-state index is 6.67. The molecule has 6 nitrogen and oxygen atoms in total. The van der Waals surface area contributed by atoms with Gasteiger partial charge in [0.05, 0.1) is 55.5 Å². The standard InChI is InChI=1S/C44H61NO5Si/c1-10-14-18-28-46-38-26-23-27-39(47-29-19-15-11-2)42(38)36-24-22-25-37(45-36)43-40(48-30-20-16-12-3)32-35(33-41(43)49-31-21-17-13-4)34-50-51(8,9)44(5,6)7/h10-13,22-27,32-33H,1-4,14-21,28-31,34H2,5-9H3. The van der Waals surface area contributed by atoms with Gasteiger partial charge in [0.15, 0.2) is 8.32 Å². The minimum atomic E-state index is -2.01. The van der Waals surface area contributed by atoms with Gasteiger partial charge in [-0.25, -0.2) is 4.98 Å². The van der Waals surface area contributed by atoms with E-state index in [0.29, 0.717) is 44.5 Å². The quantitative estimate of drug-likeness (QED) is 0.0495. The number of rotatable bonds is 25. The van der Waals surface area contributed by atoms with Crippen molar-refractivity contribution in [2.75, 3.05) is 26.4 Å². The van der Waals surface area contributed by atoms with Gasteiger partial charge in [-0.1, -0.05) is 57.2 Å². The molecule has 0 aliphatic heterocycles. The molecular formula is C44H61NO5Si. The topological polar surface area (TPSA) is 59.0 Å². The molecular weight excluding hydrogens is 651 g/mol. The van der Waals surface area contributed by atoms with Gasteiger partial charge in [0.1, 0.15) is 23.0 Å². The van der Waals surface area contributed by atoms with Crippen molar-refractivity contribution in [1.82, 2.24) is 4.98 Å². The van der Waals surface area contributed by atoms with Gasteiger partial charge in [-0.05, 0) is 111 Å². The minimum absolute atomic E-state index is 0.0885. The van der Waals surface area contributed by atoms with Crippen molar-refractivity contribution in [3.63, 3.8) is 0 Å². The Balaban J connectivity index is 2.17. The number of benzene rings is 2. The van der Waals surface area contributed by atoms with E-state index in [1.54, 1.807) is 0 Å². The minimum Gasteiger partial charge on any atom is -0.493 e. The van der Waals surface area contributed by atoms with Crippen LogP contribution >= 0.6 is 0 Å². The highest BCUT2D eigenvalue weighted by atomic mass is 28.4. The second-order valence-electron chi connectivity index (χ2n) is 14.2. The predicted octanol–water partition coefficient (Wildman–Crippen LogP) is 12.3. The first-order valence-corrected chi connectivity index (χ1v) is 21.3. The normalized spacial score (nSPS) is 11.5. The number of ether oxygens (including phenoxy) is 4. The summed E-state index contributed by atoms with van der Waals surface area (Å²) in [5.41, 5.74) is 4.11. The molecule has 2 aromatic carbocycles. The van der Waals surface area contributed by atoms with Crippen LogP contribution in [0.5, 0.6) is 23.0 Å². The Morgan fingerprint density at radius 3 is 1.35 bits per heavy atom. The number of hydrogen-bond donors (Lipinski definition) is 0. The monoisotopic (exact) mass is 711 g/mol. The lowest BCUT2D eigenvalue weighted by molar-refractivity contribution is 0.270. The molecule has 0 aliphatic carbocycles. The zero-order valence-electron chi connectivity index (χ0n) is 31.9. The Labute approximate surface area is 309 Å². The molecule has 0 spiro atoms. The molecule has 1 aromatic heterocycles. The zero-order valence-corrected chi connectivity index (χ0v) is 32.9. The number of unbranched alkanes of at least 4 members (excludes halogenated alkanes) is 4. The number of hydrogen-bond acceptors (Lipinski definition) is 6. The molecule has 0 saturated heterocycles. The molecule has 0 N–H and O–H groups in total. The number of aromatic nitrogens is 1. The average molecular weight is 712 g/mol. The second kappa shape index (κ2) is 21.3. The zero-order chi connectivity index (χ0) is 37.1. The van der Waals surface area contributed by atoms with E-state index in [4.69, 9.17) is 28.4 Å². The summed E-state index contributed by atoms with van der Waals surface area (Å²) in [5.74, 6) is 2.89. The van der Waals surface area contributed by atoms with Crippen LogP contribution < -0.4 is 18.9 Å². The molecule has 7 heteroatoms. The Bertz CT molecular complexity index is 1490. The predicted molar refractivity (Wildman–Crippen MR) is 217 cm³/mol. The molecule has 0 amide bonds. The van der Waals surface area contributed by atoms with E-state index >= 15 is 0 Å². The van der Waals surface area contributed by atoms with Crippen LogP contribution in [0.15, 0.2) is 99.2 Å². The Morgan fingerprint density at radius 1 is 0.588 bits per heavy atom. The lowest BCUT2D eigenvalue weighted by Crippen LogP contribution is -2.40. The van der Waals surface area contributed by atoms with Crippen LogP contribution in [-0.4, -0.2) is 39.7 Å². The van der Waals surface area contributed by atoms with Crippen LogP contribution in [-0.2, 0) is 11.0 Å². The molecule has 3 rings (SSSR count). The van der Waals surface area contributed by atoms with Gasteiger partial charge in [-0.3, -0.25) is 0 Å². The van der Waals surface area contributed by atoms with E-state index in [2.05, 4.69) is 72.3 Å². The van der Waals surface area contributed by atoms with E-state index in [-0.39, 0.29) is 5.04 Å². The number of nitrogens with zero attached hydrogens (tertiary/aromatic N) is 1. The van der Waals surface area contributed by atoms with Crippen LogP contribution in [0.25, 0.3) is 22.5 Å². The fourth-order valence-corrected chi connectivity index (χ4v) is 6.00. The molecule has 0 aliphatic rings. The maximum absolute atomic E-state index is 6.67. The van der Waals surface area contributed by atoms with Gasteiger partial charge in [0.25, 0.3) is 0 Å². The first kappa shape index (κ1) is 41.3. The summed E-state index contributed by atoms with van der Waals surface area (Å²) in [6, 6.07) is 16.1. The van der Waals surface area contributed by atoms with Crippen LogP contribution in [0.3, 0.4) is 0 Å². The van der Waals surface area contributed by atoms with Crippen molar-refractivity contribution in [3.8, 4) is 45.5 Å². The smallest absolute Gasteiger partial charge is 0.192 e. The van der Waals surface area contributed by atoms with Crippen molar-refractivity contribution in [1.29, 1.82) is 0 Å². The molecule has 0 saturated carbocycles. The van der Waals surface area contributed by atoms with Crippen molar-refractivity contribution >= 4 is 8.32 Å². The first-order chi connectivity index (χ1) is 24.6. The summed E-state index contributed by atoms with van der Waals surface area (Å²) in [4.78, 5) is 5.27. The fraction of sp³-hybridized carbons (Fsp3) is 0.432. The van der Waals surface area contributed by atoms with Crippen LogP contribution in [0.1, 0.15) is 77.7 Å². The van der Waals surface area contributed by atoms with Crippen LogP contribution in [0.4, 0.5) is 0 Å². The summed E-state index contributed by atoms with van der Waals surface area (Å²) in [6.45, 7) is 29.4. The van der Waals surface area contributed by atoms with E-state index in [1.807, 2.05) is 60.7 Å². The molecule has 0 fully saturated rings. The lowest BCUT2D eigenvalue weighted by atomic mass is 10.0. The van der Waals surface area contributed by atoms with Crippen LogP contribution in [0.2, 0.25) is 18.1 Å². The van der Waals surface area contributed by atoms with E-state index < -0.39 is 8.32 Å².